The zero-order valence-electron chi connectivity index (χ0n) is 11.9. The summed E-state index contributed by atoms with van der Waals surface area (Å²) in [6.07, 6.45) is 4.89. The molecule has 0 bridgehead atoms. The smallest absolute Gasteiger partial charge is 0.0881 e. The number of ether oxygens (including phenoxy) is 2. The quantitative estimate of drug-likeness (QED) is 0.834. The van der Waals surface area contributed by atoms with E-state index in [1.54, 1.807) is 11.3 Å². The predicted molar refractivity (Wildman–Crippen MR) is 77.7 cm³/mol. The van der Waals surface area contributed by atoms with Crippen molar-refractivity contribution in [3.8, 4) is 0 Å². The van der Waals surface area contributed by atoms with Gasteiger partial charge in [-0.3, -0.25) is 4.98 Å². The second-order valence-electron chi connectivity index (χ2n) is 4.89. The fourth-order valence-electron chi connectivity index (χ4n) is 2.83. The van der Waals surface area contributed by atoms with Crippen LogP contribution in [0.5, 0.6) is 0 Å². The molecule has 1 unspecified atom stereocenters. The summed E-state index contributed by atoms with van der Waals surface area (Å²) in [6, 6.07) is 0.335. The van der Waals surface area contributed by atoms with Gasteiger partial charge in [-0.2, -0.15) is 0 Å². The molecule has 0 spiro atoms. The fraction of sp³-hybridized carbons (Fsp3) is 0.786. The first-order valence-corrected chi connectivity index (χ1v) is 8.01. The zero-order chi connectivity index (χ0) is 13.6. The Hall–Kier alpha value is -0.490. The molecule has 0 aliphatic carbocycles. The van der Waals surface area contributed by atoms with Gasteiger partial charge in [0.2, 0.25) is 0 Å². The number of rotatable bonds is 7. The third-order valence-electron chi connectivity index (χ3n) is 3.75. The molecular formula is C14H24N2O2S. The highest BCUT2D eigenvalue weighted by Crippen LogP contribution is 2.31. The fourth-order valence-corrected chi connectivity index (χ4v) is 3.47. The van der Waals surface area contributed by atoms with Gasteiger partial charge in [0, 0.05) is 56.2 Å². The van der Waals surface area contributed by atoms with E-state index in [1.165, 1.54) is 4.88 Å². The van der Waals surface area contributed by atoms with E-state index < -0.39 is 0 Å². The Morgan fingerprint density at radius 3 is 2.84 bits per heavy atom. The Balaban J connectivity index is 2.12. The van der Waals surface area contributed by atoms with Gasteiger partial charge in [0.1, 0.15) is 0 Å². The van der Waals surface area contributed by atoms with Crippen LogP contribution in [0.3, 0.4) is 0 Å². The first-order chi connectivity index (χ1) is 9.30. The minimum atomic E-state index is -0.0903. The summed E-state index contributed by atoms with van der Waals surface area (Å²) in [4.78, 5) is 5.49. The van der Waals surface area contributed by atoms with E-state index in [0.717, 1.165) is 45.6 Å². The van der Waals surface area contributed by atoms with Gasteiger partial charge in [-0.05, 0) is 13.5 Å². The largest absolute Gasteiger partial charge is 0.381 e. The molecule has 1 fully saturated rings. The highest BCUT2D eigenvalue weighted by molar-refractivity contribution is 7.09. The van der Waals surface area contributed by atoms with Gasteiger partial charge < -0.3 is 14.8 Å². The topological polar surface area (TPSA) is 43.4 Å². The van der Waals surface area contributed by atoms with Crippen molar-refractivity contribution in [1.82, 2.24) is 10.3 Å². The van der Waals surface area contributed by atoms with Crippen molar-refractivity contribution < 1.29 is 9.47 Å². The summed E-state index contributed by atoms with van der Waals surface area (Å²) >= 11 is 1.72. The van der Waals surface area contributed by atoms with Gasteiger partial charge in [-0.1, -0.05) is 6.92 Å². The number of nitrogens with one attached hydrogen (secondary N) is 1. The number of nitrogens with zero attached hydrogens (tertiary/aromatic N) is 1. The Bertz CT molecular complexity index is 345. The Morgan fingerprint density at radius 2 is 2.26 bits per heavy atom. The number of thiazole rings is 1. The first-order valence-electron chi connectivity index (χ1n) is 7.13. The molecule has 1 saturated heterocycles. The predicted octanol–water partition coefficient (Wildman–Crippen LogP) is 2.25. The van der Waals surface area contributed by atoms with Crippen LogP contribution in [0, 0.1) is 0 Å². The van der Waals surface area contributed by atoms with Gasteiger partial charge in [0.15, 0.2) is 0 Å². The number of hydrogen-bond acceptors (Lipinski definition) is 5. The lowest BCUT2D eigenvalue weighted by Crippen LogP contribution is -2.56. The molecule has 0 saturated carbocycles. The van der Waals surface area contributed by atoms with E-state index >= 15 is 0 Å². The van der Waals surface area contributed by atoms with Gasteiger partial charge in [0.25, 0.3) is 0 Å². The molecule has 1 aliphatic heterocycles. The second kappa shape index (κ2) is 7.33. The SMILES string of the molecule is CCNC(Cc1cncs1)C1(OCC)CCOCC1. The number of aromatic nitrogens is 1. The average molecular weight is 284 g/mol. The molecule has 1 atom stereocenters. The normalized spacial score (nSPS) is 20.3. The summed E-state index contributed by atoms with van der Waals surface area (Å²) in [5, 5.41) is 3.61. The van der Waals surface area contributed by atoms with Gasteiger partial charge in [0.05, 0.1) is 11.1 Å². The van der Waals surface area contributed by atoms with Crippen LogP contribution in [0.1, 0.15) is 31.6 Å². The lowest BCUT2D eigenvalue weighted by Gasteiger charge is -2.43. The molecule has 4 nitrogen and oxygen atoms in total. The third-order valence-corrected chi connectivity index (χ3v) is 4.55. The molecule has 2 rings (SSSR count). The van der Waals surface area contributed by atoms with Crippen LogP contribution in [0.15, 0.2) is 11.7 Å². The van der Waals surface area contributed by atoms with Crippen LogP contribution >= 0.6 is 11.3 Å². The Labute approximate surface area is 119 Å². The molecule has 1 aromatic rings. The summed E-state index contributed by atoms with van der Waals surface area (Å²) < 4.78 is 11.7. The molecule has 0 aromatic carbocycles. The maximum atomic E-state index is 6.18. The molecule has 108 valence electrons. The van der Waals surface area contributed by atoms with Gasteiger partial charge in [-0.15, -0.1) is 11.3 Å². The first kappa shape index (κ1) is 14.9. The van der Waals surface area contributed by atoms with Crippen molar-refractivity contribution >= 4 is 11.3 Å². The Morgan fingerprint density at radius 1 is 1.47 bits per heavy atom. The van der Waals surface area contributed by atoms with Gasteiger partial charge in [-0.25, -0.2) is 0 Å². The number of likely N-dealkylation sites (N-methyl/N-ethyl adjacent to an activating group) is 1. The molecule has 1 aromatic heterocycles. The monoisotopic (exact) mass is 284 g/mol. The molecule has 1 aliphatic rings. The van der Waals surface area contributed by atoms with Crippen molar-refractivity contribution in [2.45, 2.75) is 44.8 Å². The van der Waals surface area contributed by atoms with Crippen molar-refractivity contribution in [3.63, 3.8) is 0 Å². The average Bonchev–Trinajstić information content (AvgIpc) is 2.93. The zero-order valence-corrected chi connectivity index (χ0v) is 12.7. The summed E-state index contributed by atoms with van der Waals surface area (Å²) in [5.41, 5.74) is 1.81. The molecule has 2 heterocycles. The van der Waals surface area contributed by atoms with Crippen LogP contribution in [-0.4, -0.2) is 43.0 Å². The van der Waals surface area contributed by atoms with Crippen LogP contribution < -0.4 is 5.32 Å². The molecular weight excluding hydrogens is 260 g/mol. The second-order valence-corrected chi connectivity index (χ2v) is 5.86. The highest BCUT2D eigenvalue weighted by atomic mass is 32.1. The van der Waals surface area contributed by atoms with Crippen molar-refractivity contribution in [2.75, 3.05) is 26.4 Å². The van der Waals surface area contributed by atoms with Crippen LogP contribution in [0.25, 0.3) is 0 Å². The van der Waals surface area contributed by atoms with E-state index in [1.807, 2.05) is 11.7 Å². The minimum absolute atomic E-state index is 0.0903. The molecule has 0 radical (unpaired) electrons. The maximum Gasteiger partial charge on any atom is 0.0881 e. The Kier molecular flexibility index (Phi) is 5.76. The van der Waals surface area contributed by atoms with Crippen LogP contribution in [-0.2, 0) is 15.9 Å². The van der Waals surface area contributed by atoms with E-state index in [-0.39, 0.29) is 5.60 Å². The van der Waals surface area contributed by atoms with E-state index in [4.69, 9.17) is 9.47 Å². The molecule has 19 heavy (non-hydrogen) atoms. The van der Waals surface area contributed by atoms with Crippen molar-refractivity contribution in [3.05, 3.63) is 16.6 Å². The lowest BCUT2D eigenvalue weighted by molar-refractivity contribution is -0.126. The van der Waals surface area contributed by atoms with Crippen LogP contribution in [0.4, 0.5) is 0 Å². The van der Waals surface area contributed by atoms with Crippen molar-refractivity contribution in [2.24, 2.45) is 0 Å². The van der Waals surface area contributed by atoms with E-state index in [2.05, 4.69) is 24.1 Å². The summed E-state index contributed by atoms with van der Waals surface area (Å²) in [7, 11) is 0. The third kappa shape index (κ3) is 3.75. The molecule has 5 heteroatoms. The van der Waals surface area contributed by atoms with E-state index in [9.17, 15) is 0 Å². The minimum Gasteiger partial charge on any atom is -0.381 e. The maximum absolute atomic E-state index is 6.18. The van der Waals surface area contributed by atoms with E-state index in [0.29, 0.717) is 6.04 Å². The highest BCUT2D eigenvalue weighted by Gasteiger charge is 2.40. The summed E-state index contributed by atoms with van der Waals surface area (Å²) in [6.45, 7) is 7.53. The molecule has 1 N–H and O–H groups in total. The standard InChI is InChI=1S/C14H24N2O2S/c1-3-16-13(9-12-10-15-11-19-12)14(18-4-2)5-7-17-8-6-14/h10-11,13,16H,3-9H2,1-2H3. The summed E-state index contributed by atoms with van der Waals surface area (Å²) in [5.74, 6) is 0. The number of hydrogen-bond donors (Lipinski definition) is 1. The van der Waals surface area contributed by atoms with Crippen LogP contribution in [0.2, 0.25) is 0 Å². The van der Waals surface area contributed by atoms with Crippen molar-refractivity contribution in [1.29, 1.82) is 0 Å². The lowest BCUT2D eigenvalue weighted by atomic mass is 9.83. The van der Waals surface area contributed by atoms with Gasteiger partial charge >= 0.3 is 0 Å². The molecule has 0 amide bonds.